The van der Waals surface area contributed by atoms with Crippen LogP contribution in [0.25, 0.3) is 0 Å². The van der Waals surface area contributed by atoms with Gasteiger partial charge in [0.1, 0.15) is 5.60 Å². The molecule has 1 aliphatic heterocycles. The van der Waals surface area contributed by atoms with Gasteiger partial charge in [0.15, 0.2) is 0 Å². The lowest BCUT2D eigenvalue weighted by molar-refractivity contribution is -0.0989. The van der Waals surface area contributed by atoms with Gasteiger partial charge in [-0.15, -0.1) is 12.4 Å². The van der Waals surface area contributed by atoms with E-state index >= 15 is 0 Å². The van der Waals surface area contributed by atoms with E-state index in [0.717, 1.165) is 18.5 Å². The van der Waals surface area contributed by atoms with Gasteiger partial charge < -0.3 is 9.64 Å². The summed E-state index contributed by atoms with van der Waals surface area (Å²) < 4.78 is 6.22. The Morgan fingerprint density at radius 1 is 1.04 bits per heavy atom. The van der Waals surface area contributed by atoms with E-state index in [1.54, 1.807) is 0 Å². The number of carbonyl (C=O) groups excluding carboxylic acids is 1. The van der Waals surface area contributed by atoms with Crippen LogP contribution in [0, 0.1) is 5.92 Å². The van der Waals surface area contributed by atoms with Crippen LogP contribution in [-0.2, 0) is 10.3 Å². The Bertz CT molecular complexity index is 692. The molecule has 1 heterocycles. The third-order valence-electron chi connectivity index (χ3n) is 5.26. The van der Waals surface area contributed by atoms with Crippen LogP contribution in [0.4, 0.5) is 0 Å². The standard InChI is InChI=1S/C21H25NO2.ClH/c1-16-15-22(3)17(2)14-21(16,19-12-8-5-9-13-19)24-20(23)18-10-6-4-7-11-18;/h4-13,16-17H,14-15H2,1-3H3;1H. The van der Waals surface area contributed by atoms with Crippen LogP contribution in [0.1, 0.15) is 36.2 Å². The van der Waals surface area contributed by atoms with E-state index < -0.39 is 5.60 Å². The summed E-state index contributed by atoms with van der Waals surface area (Å²) in [5, 5.41) is 0. The van der Waals surface area contributed by atoms with Crippen molar-refractivity contribution in [1.29, 1.82) is 0 Å². The van der Waals surface area contributed by atoms with Crippen LogP contribution in [0.5, 0.6) is 0 Å². The Labute approximate surface area is 156 Å². The first kappa shape index (κ1) is 19.5. The molecule has 3 nitrogen and oxygen atoms in total. The molecule has 0 aliphatic carbocycles. The molecule has 4 heteroatoms. The first-order valence-electron chi connectivity index (χ1n) is 8.57. The minimum Gasteiger partial charge on any atom is -0.450 e. The zero-order valence-corrected chi connectivity index (χ0v) is 15.8. The molecule has 1 aliphatic rings. The molecule has 0 N–H and O–H groups in total. The lowest BCUT2D eigenvalue weighted by Gasteiger charge is -2.48. The largest absolute Gasteiger partial charge is 0.450 e. The second kappa shape index (κ2) is 8.03. The molecule has 25 heavy (non-hydrogen) atoms. The van der Waals surface area contributed by atoms with Crippen LogP contribution in [0.2, 0.25) is 0 Å². The van der Waals surface area contributed by atoms with E-state index in [9.17, 15) is 4.79 Å². The second-order valence-electron chi connectivity index (χ2n) is 6.90. The van der Waals surface area contributed by atoms with Crippen molar-refractivity contribution in [2.75, 3.05) is 13.6 Å². The number of hydrogen-bond acceptors (Lipinski definition) is 3. The summed E-state index contributed by atoms with van der Waals surface area (Å²) >= 11 is 0. The molecule has 0 aromatic heterocycles. The van der Waals surface area contributed by atoms with Crippen molar-refractivity contribution >= 4 is 18.4 Å². The molecule has 0 bridgehead atoms. The van der Waals surface area contributed by atoms with Gasteiger partial charge in [-0.05, 0) is 31.7 Å². The summed E-state index contributed by atoms with van der Waals surface area (Å²) in [5.74, 6) is -0.0307. The van der Waals surface area contributed by atoms with Gasteiger partial charge in [-0.3, -0.25) is 0 Å². The number of benzene rings is 2. The number of piperidine rings is 1. The van der Waals surface area contributed by atoms with E-state index in [1.807, 2.05) is 48.5 Å². The van der Waals surface area contributed by atoms with Gasteiger partial charge in [-0.1, -0.05) is 55.5 Å². The average Bonchev–Trinajstić information content (AvgIpc) is 2.61. The molecule has 3 atom stereocenters. The van der Waals surface area contributed by atoms with Crippen LogP contribution in [0.15, 0.2) is 60.7 Å². The topological polar surface area (TPSA) is 29.5 Å². The van der Waals surface area contributed by atoms with Crippen LogP contribution in [-0.4, -0.2) is 30.5 Å². The summed E-state index contributed by atoms with van der Waals surface area (Å²) in [4.78, 5) is 15.1. The Morgan fingerprint density at radius 3 is 2.20 bits per heavy atom. The fourth-order valence-corrected chi connectivity index (χ4v) is 3.68. The summed E-state index contributed by atoms with van der Waals surface area (Å²) in [6.45, 7) is 5.27. The Hall–Kier alpha value is -1.84. The summed E-state index contributed by atoms with van der Waals surface area (Å²) in [5.41, 5.74) is 1.11. The average molecular weight is 360 g/mol. The number of hydrogen-bond donors (Lipinski definition) is 0. The maximum Gasteiger partial charge on any atom is 0.339 e. The predicted octanol–water partition coefficient (Wildman–Crippen LogP) is 4.52. The second-order valence-corrected chi connectivity index (χ2v) is 6.90. The lowest BCUT2D eigenvalue weighted by Crippen LogP contribution is -2.53. The summed E-state index contributed by atoms with van der Waals surface area (Å²) in [6, 6.07) is 19.8. The first-order chi connectivity index (χ1) is 11.5. The number of likely N-dealkylation sites (tertiary alicyclic amines) is 1. The molecule has 1 fully saturated rings. The minimum absolute atomic E-state index is 0. The highest BCUT2D eigenvalue weighted by Gasteiger charge is 2.47. The van der Waals surface area contributed by atoms with Crippen molar-refractivity contribution in [3.8, 4) is 0 Å². The highest BCUT2D eigenvalue weighted by molar-refractivity contribution is 5.89. The Morgan fingerprint density at radius 2 is 1.60 bits per heavy atom. The number of nitrogens with zero attached hydrogens (tertiary/aromatic N) is 1. The van der Waals surface area contributed by atoms with Crippen molar-refractivity contribution in [3.05, 3.63) is 71.8 Å². The van der Waals surface area contributed by atoms with Crippen molar-refractivity contribution < 1.29 is 9.53 Å². The minimum atomic E-state index is -0.583. The molecular formula is C21H26ClNO2. The molecule has 134 valence electrons. The molecule has 0 saturated carbocycles. The zero-order chi connectivity index (χ0) is 17.2. The third kappa shape index (κ3) is 3.88. The van der Waals surface area contributed by atoms with E-state index in [0.29, 0.717) is 11.6 Å². The van der Waals surface area contributed by atoms with E-state index in [1.165, 1.54) is 0 Å². The number of carbonyl (C=O) groups is 1. The number of esters is 1. The van der Waals surface area contributed by atoms with Crippen LogP contribution >= 0.6 is 12.4 Å². The van der Waals surface area contributed by atoms with Gasteiger partial charge in [0.2, 0.25) is 0 Å². The highest BCUT2D eigenvalue weighted by atomic mass is 35.5. The molecule has 2 aromatic rings. The zero-order valence-electron chi connectivity index (χ0n) is 15.0. The number of ether oxygens (including phenoxy) is 1. The van der Waals surface area contributed by atoms with Crippen molar-refractivity contribution in [1.82, 2.24) is 4.90 Å². The van der Waals surface area contributed by atoms with Gasteiger partial charge in [0, 0.05) is 24.9 Å². The van der Waals surface area contributed by atoms with Crippen molar-refractivity contribution in [2.45, 2.75) is 31.9 Å². The normalized spacial score (nSPS) is 26.5. The monoisotopic (exact) mass is 359 g/mol. The first-order valence-corrected chi connectivity index (χ1v) is 8.57. The highest BCUT2D eigenvalue weighted by Crippen LogP contribution is 2.43. The predicted molar refractivity (Wildman–Crippen MR) is 103 cm³/mol. The van der Waals surface area contributed by atoms with Gasteiger partial charge in [-0.2, -0.15) is 0 Å². The maximum absolute atomic E-state index is 12.8. The molecule has 3 rings (SSSR count). The van der Waals surface area contributed by atoms with Crippen molar-refractivity contribution in [3.63, 3.8) is 0 Å². The van der Waals surface area contributed by atoms with E-state index in [4.69, 9.17) is 4.74 Å². The SMILES string of the molecule is CC1CC(OC(=O)c2ccccc2)(c2ccccc2)C(C)CN1C.Cl. The molecule has 0 radical (unpaired) electrons. The number of halogens is 1. The fourth-order valence-electron chi connectivity index (χ4n) is 3.68. The van der Waals surface area contributed by atoms with Crippen molar-refractivity contribution in [2.24, 2.45) is 5.92 Å². The van der Waals surface area contributed by atoms with Gasteiger partial charge in [-0.25, -0.2) is 4.79 Å². The quantitative estimate of drug-likeness (QED) is 0.754. The Kier molecular flexibility index (Phi) is 6.26. The number of rotatable bonds is 3. The van der Waals surface area contributed by atoms with Crippen LogP contribution < -0.4 is 0 Å². The molecular weight excluding hydrogens is 334 g/mol. The molecule has 1 saturated heterocycles. The summed E-state index contributed by atoms with van der Waals surface area (Å²) in [6.07, 6.45) is 0.799. The maximum atomic E-state index is 12.8. The third-order valence-corrected chi connectivity index (χ3v) is 5.26. The summed E-state index contributed by atoms with van der Waals surface area (Å²) in [7, 11) is 2.13. The van der Waals surface area contributed by atoms with Gasteiger partial charge >= 0.3 is 5.97 Å². The molecule has 0 amide bonds. The lowest BCUT2D eigenvalue weighted by atomic mass is 9.74. The fraction of sp³-hybridized carbons (Fsp3) is 0.381. The molecule has 0 spiro atoms. The van der Waals surface area contributed by atoms with E-state index in [-0.39, 0.29) is 24.3 Å². The van der Waals surface area contributed by atoms with E-state index in [2.05, 4.69) is 37.9 Å². The molecule has 3 unspecified atom stereocenters. The Balaban J connectivity index is 0.00000225. The molecule has 2 aromatic carbocycles. The van der Waals surface area contributed by atoms with Crippen LogP contribution in [0.3, 0.4) is 0 Å². The van der Waals surface area contributed by atoms with Gasteiger partial charge in [0.05, 0.1) is 5.56 Å². The van der Waals surface area contributed by atoms with Gasteiger partial charge in [0.25, 0.3) is 0 Å². The smallest absolute Gasteiger partial charge is 0.339 e.